The summed E-state index contributed by atoms with van der Waals surface area (Å²) in [7, 11) is 0. The van der Waals surface area contributed by atoms with Crippen LogP contribution in [0.3, 0.4) is 0 Å². The molecule has 3 fully saturated rings. The molecule has 4 atom stereocenters. The highest BCUT2D eigenvalue weighted by Gasteiger charge is 2.35. The molecule has 2 N–H and O–H groups in total. The van der Waals surface area contributed by atoms with Crippen molar-refractivity contribution in [3.8, 4) is 0 Å². The number of ether oxygens (including phenoxy) is 1. The van der Waals surface area contributed by atoms with E-state index in [9.17, 15) is 4.79 Å². The van der Waals surface area contributed by atoms with Gasteiger partial charge in [0, 0.05) is 25.2 Å². The predicted octanol–water partition coefficient (Wildman–Crippen LogP) is 3.14. The van der Waals surface area contributed by atoms with E-state index < -0.39 is 5.60 Å². The molecule has 1 aliphatic carbocycles. The lowest BCUT2D eigenvalue weighted by Gasteiger charge is -2.35. The van der Waals surface area contributed by atoms with Crippen LogP contribution in [0.1, 0.15) is 65.7 Å². The smallest absolute Gasteiger partial charge is 0.410 e. The number of piperidine rings is 1. The van der Waals surface area contributed by atoms with Crippen LogP contribution >= 0.6 is 0 Å². The standard InChI is InChI=1S/C20H37N3O2/c1-20(2,3)25-19(24)23-12-6-7-15(14-23)13-22-18-9-4-8-16(18)17-10-5-11-21-17/h15-18,21-22H,4-14H2,1-3H3. The number of likely N-dealkylation sites (tertiary alicyclic amines) is 1. The molecular formula is C20H37N3O2. The number of amides is 1. The van der Waals surface area contributed by atoms with Crippen LogP contribution in [-0.2, 0) is 4.74 Å². The molecule has 0 aromatic heterocycles. The first kappa shape index (κ1) is 19.0. The second-order valence-corrected chi connectivity index (χ2v) is 9.25. The first-order valence-electron chi connectivity index (χ1n) is 10.4. The first-order valence-corrected chi connectivity index (χ1v) is 10.4. The summed E-state index contributed by atoms with van der Waals surface area (Å²) in [6.07, 6.45) is 8.87. The van der Waals surface area contributed by atoms with E-state index in [4.69, 9.17) is 4.74 Å². The average molecular weight is 352 g/mol. The molecule has 3 aliphatic rings. The fourth-order valence-corrected chi connectivity index (χ4v) is 4.84. The minimum absolute atomic E-state index is 0.147. The number of hydrogen-bond acceptors (Lipinski definition) is 4. The van der Waals surface area contributed by atoms with Crippen molar-refractivity contribution < 1.29 is 9.53 Å². The Morgan fingerprint density at radius 1 is 1.16 bits per heavy atom. The van der Waals surface area contributed by atoms with Crippen molar-refractivity contribution in [2.75, 3.05) is 26.2 Å². The van der Waals surface area contributed by atoms with Gasteiger partial charge in [-0.05, 0) is 84.2 Å². The van der Waals surface area contributed by atoms with Gasteiger partial charge >= 0.3 is 6.09 Å². The van der Waals surface area contributed by atoms with Crippen LogP contribution in [0.2, 0.25) is 0 Å². The zero-order valence-electron chi connectivity index (χ0n) is 16.4. The molecule has 5 heteroatoms. The molecule has 2 aliphatic heterocycles. The largest absolute Gasteiger partial charge is 0.444 e. The minimum atomic E-state index is -0.409. The van der Waals surface area contributed by atoms with E-state index in [0.29, 0.717) is 12.0 Å². The van der Waals surface area contributed by atoms with E-state index in [1.54, 1.807) is 0 Å². The van der Waals surface area contributed by atoms with Crippen molar-refractivity contribution in [2.24, 2.45) is 11.8 Å². The molecule has 144 valence electrons. The van der Waals surface area contributed by atoms with Gasteiger partial charge in [-0.2, -0.15) is 0 Å². The summed E-state index contributed by atoms with van der Waals surface area (Å²) in [4.78, 5) is 14.2. The lowest BCUT2D eigenvalue weighted by molar-refractivity contribution is 0.0164. The van der Waals surface area contributed by atoms with Crippen LogP contribution in [-0.4, -0.2) is 54.9 Å². The van der Waals surface area contributed by atoms with Crippen molar-refractivity contribution in [3.63, 3.8) is 0 Å². The summed E-state index contributed by atoms with van der Waals surface area (Å²) in [5, 5.41) is 7.57. The molecule has 0 bridgehead atoms. The maximum atomic E-state index is 12.3. The van der Waals surface area contributed by atoms with Crippen molar-refractivity contribution in [1.82, 2.24) is 15.5 Å². The third-order valence-corrected chi connectivity index (χ3v) is 6.02. The lowest BCUT2D eigenvalue weighted by atomic mass is 9.92. The zero-order valence-corrected chi connectivity index (χ0v) is 16.4. The number of nitrogens with one attached hydrogen (secondary N) is 2. The Bertz CT molecular complexity index is 443. The van der Waals surface area contributed by atoms with Gasteiger partial charge in [0.1, 0.15) is 5.60 Å². The third-order valence-electron chi connectivity index (χ3n) is 6.02. The molecule has 4 unspecified atom stereocenters. The van der Waals surface area contributed by atoms with Crippen molar-refractivity contribution in [2.45, 2.75) is 83.4 Å². The van der Waals surface area contributed by atoms with Gasteiger partial charge in [0.2, 0.25) is 0 Å². The molecule has 3 rings (SSSR count). The van der Waals surface area contributed by atoms with Gasteiger partial charge in [0.05, 0.1) is 0 Å². The second-order valence-electron chi connectivity index (χ2n) is 9.25. The van der Waals surface area contributed by atoms with Crippen LogP contribution in [0.15, 0.2) is 0 Å². The van der Waals surface area contributed by atoms with Gasteiger partial charge in [0.15, 0.2) is 0 Å². The third kappa shape index (κ3) is 5.33. The molecule has 0 aromatic rings. The maximum absolute atomic E-state index is 12.3. The van der Waals surface area contributed by atoms with E-state index in [-0.39, 0.29) is 6.09 Å². The number of hydrogen-bond donors (Lipinski definition) is 2. The highest BCUT2D eigenvalue weighted by molar-refractivity contribution is 5.68. The molecular weight excluding hydrogens is 314 g/mol. The van der Waals surface area contributed by atoms with Gasteiger partial charge in [0.25, 0.3) is 0 Å². The number of carbonyl (C=O) groups excluding carboxylic acids is 1. The Morgan fingerprint density at radius 3 is 2.72 bits per heavy atom. The van der Waals surface area contributed by atoms with E-state index >= 15 is 0 Å². The molecule has 1 amide bonds. The molecule has 5 nitrogen and oxygen atoms in total. The molecule has 0 spiro atoms. The van der Waals surface area contributed by atoms with E-state index in [1.807, 2.05) is 25.7 Å². The number of rotatable bonds is 4. The first-order chi connectivity index (χ1) is 11.9. The minimum Gasteiger partial charge on any atom is -0.444 e. The highest BCUT2D eigenvalue weighted by Crippen LogP contribution is 2.32. The Kier molecular flexibility index (Phi) is 6.26. The van der Waals surface area contributed by atoms with E-state index in [0.717, 1.165) is 38.0 Å². The average Bonchev–Trinajstić information content (AvgIpc) is 3.22. The summed E-state index contributed by atoms with van der Waals surface area (Å²) in [5.74, 6) is 1.35. The zero-order chi connectivity index (χ0) is 17.9. The Morgan fingerprint density at radius 2 is 2.00 bits per heavy atom. The molecule has 0 aromatic carbocycles. The predicted molar refractivity (Wildman–Crippen MR) is 101 cm³/mol. The highest BCUT2D eigenvalue weighted by atomic mass is 16.6. The summed E-state index contributed by atoms with van der Waals surface area (Å²) in [6, 6.07) is 1.39. The summed E-state index contributed by atoms with van der Waals surface area (Å²) < 4.78 is 5.55. The van der Waals surface area contributed by atoms with Gasteiger partial charge < -0.3 is 20.3 Å². The maximum Gasteiger partial charge on any atom is 0.410 e. The lowest BCUT2D eigenvalue weighted by Crippen LogP contribution is -2.48. The van der Waals surface area contributed by atoms with Crippen LogP contribution in [0, 0.1) is 11.8 Å². The number of carbonyl (C=O) groups is 1. The summed E-state index contributed by atoms with van der Waals surface area (Å²) in [6.45, 7) is 9.71. The fraction of sp³-hybridized carbons (Fsp3) is 0.950. The van der Waals surface area contributed by atoms with Crippen LogP contribution in [0.25, 0.3) is 0 Å². The van der Waals surface area contributed by atoms with Crippen LogP contribution < -0.4 is 10.6 Å². The quantitative estimate of drug-likeness (QED) is 0.817. The fourth-order valence-electron chi connectivity index (χ4n) is 4.84. The molecule has 1 saturated carbocycles. The van der Waals surface area contributed by atoms with E-state index in [1.165, 1.54) is 45.1 Å². The number of nitrogens with zero attached hydrogens (tertiary/aromatic N) is 1. The Hall–Kier alpha value is -0.810. The van der Waals surface area contributed by atoms with Crippen molar-refractivity contribution >= 4 is 6.09 Å². The molecule has 0 radical (unpaired) electrons. The molecule has 2 saturated heterocycles. The topological polar surface area (TPSA) is 53.6 Å². The monoisotopic (exact) mass is 351 g/mol. The Balaban J connectivity index is 1.45. The second kappa shape index (κ2) is 8.26. The summed E-state index contributed by atoms with van der Waals surface area (Å²) in [5.41, 5.74) is -0.409. The normalized spacial score (nSPS) is 33.6. The van der Waals surface area contributed by atoms with Crippen LogP contribution in [0.4, 0.5) is 4.79 Å². The van der Waals surface area contributed by atoms with Gasteiger partial charge in [-0.25, -0.2) is 4.79 Å². The molecule has 2 heterocycles. The SMILES string of the molecule is CC(C)(C)OC(=O)N1CCCC(CNC2CCCC2C2CCCN2)C1. The van der Waals surface area contributed by atoms with Crippen molar-refractivity contribution in [1.29, 1.82) is 0 Å². The molecule has 25 heavy (non-hydrogen) atoms. The Labute approximate surface area is 153 Å². The van der Waals surface area contributed by atoms with Gasteiger partial charge in [-0.1, -0.05) is 6.42 Å². The van der Waals surface area contributed by atoms with Crippen LogP contribution in [0.5, 0.6) is 0 Å². The van der Waals surface area contributed by atoms with Gasteiger partial charge in [-0.15, -0.1) is 0 Å². The van der Waals surface area contributed by atoms with Gasteiger partial charge in [-0.3, -0.25) is 0 Å². The van der Waals surface area contributed by atoms with E-state index in [2.05, 4.69) is 10.6 Å². The van der Waals surface area contributed by atoms with Crippen molar-refractivity contribution in [3.05, 3.63) is 0 Å². The summed E-state index contributed by atoms with van der Waals surface area (Å²) >= 11 is 0.